The van der Waals surface area contributed by atoms with E-state index in [2.05, 4.69) is 46.7 Å². The lowest BCUT2D eigenvalue weighted by atomic mass is 10.1. The molecule has 0 atom stereocenters. The summed E-state index contributed by atoms with van der Waals surface area (Å²) in [5.41, 5.74) is 0. The molecule has 1 heterocycles. The first kappa shape index (κ1) is 20.1. The van der Waals surface area contributed by atoms with Crippen molar-refractivity contribution in [2.24, 2.45) is 7.05 Å². The molecule has 0 fully saturated rings. The summed E-state index contributed by atoms with van der Waals surface area (Å²) in [6.45, 7) is 1.12. The van der Waals surface area contributed by atoms with E-state index in [0.29, 0.717) is 6.42 Å². The van der Waals surface area contributed by atoms with Gasteiger partial charge in [-0.3, -0.25) is 4.79 Å². The van der Waals surface area contributed by atoms with E-state index in [1.54, 1.807) is 0 Å². The molecule has 0 aliphatic carbocycles. The van der Waals surface area contributed by atoms with Crippen molar-refractivity contribution in [3.05, 3.63) is 18.7 Å². The minimum absolute atomic E-state index is 0.333. The van der Waals surface area contributed by atoms with Gasteiger partial charge in [0.05, 0.1) is 13.6 Å². The van der Waals surface area contributed by atoms with Gasteiger partial charge in [-0.05, 0) is 30.8 Å². The molecule has 0 aromatic carbocycles. The zero-order valence-electron chi connectivity index (χ0n) is 14.6. The first-order valence-electron chi connectivity index (χ1n) is 8.99. The number of aryl methyl sites for hydroxylation is 2. The van der Waals surface area contributed by atoms with Crippen molar-refractivity contribution in [3.8, 4) is 0 Å². The maximum Gasteiger partial charge on any atom is 0.303 e. The van der Waals surface area contributed by atoms with Gasteiger partial charge in [0, 0.05) is 6.42 Å². The number of aliphatic carboxylic acids is 1. The molecule has 1 rings (SSSR count). The molecule has 0 aliphatic heterocycles. The number of nitrogens with zero attached hydrogens (tertiary/aromatic N) is 2. The summed E-state index contributed by atoms with van der Waals surface area (Å²) < 4.78 is 4.33. The molecule has 0 amide bonds. The maximum atomic E-state index is 10.4. The number of carbonyl (C=O) groups is 1. The molecule has 5 heteroatoms. The molecule has 132 valence electrons. The Morgan fingerprint density at radius 1 is 1.00 bits per heavy atom. The average Bonchev–Trinajstić information content (AvgIpc) is 2.93. The Morgan fingerprint density at radius 3 is 2.22 bits per heavy atom. The third kappa shape index (κ3) is 12.2. The lowest BCUT2D eigenvalue weighted by Crippen LogP contribution is -2.23. The van der Waals surface area contributed by atoms with Crippen LogP contribution < -0.4 is 4.57 Å². The minimum atomic E-state index is -0.662. The summed E-state index contributed by atoms with van der Waals surface area (Å²) in [6.07, 6.45) is 17.6. The van der Waals surface area contributed by atoms with Crippen LogP contribution in [0.5, 0.6) is 0 Å². The number of thioether (sulfide) groups is 1. The number of unbranched alkanes of at least 4 members (excludes halogenated alkanes) is 7. The Bertz CT molecular complexity index is 421. The van der Waals surface area contributed by atoms with Crippen LogP contribution >= 0.6 is 11.8 Å². The number of carboxylic acids is 1. The van der Waals surface area contributed by atoms with Gasteiger partial charge < -0.3 is 5.11 Å². The van der Waals surface area contributed by atoms with Gasteiger partial charge in [-0.25, -0.2) is 9.13 Å². The fourth-order valence-electron chi connectivity index (χ4n) is 2.63. The van der Waals surface area contributed by atoms with Crippen molar-refractivity contribution in [1.82, 2.24) is 4.57 Å². The van der Waals surface area contributed by atoms with Crippen LogP contribution in [0.4, 0.5) is 0 Å². The SMILES string of the molecule is C[n+]1ccn(CCCSCCCCCCCCCCC(=O)O)c1. The minimum Gasteiger partial charge on any atom is -0.481 e. The number of hydrogen-bond acceptors (Lipinski definition) is 2. The van der Waals surface area contributed by atoms with E-state index in [1.165, 1.54) is 56.5 Å². The highest BCUT2D eigenvalue weighted by atomic mass is 32.2. The summed E-state index contributed by atoms with van der Waals surface area (Å²) in [6, 6.07) is 0. The molecular weight excluding hydrogens is 308 g/mol. The maximum absolute atomic E-state index is 10.4. The molecule has 23 heavy (non-hydrogen) atoms. The van der Waals surface area contributed by atoms with Crippen LogP contribution in [0.2, 0.25) is 0 Å². The lowest BCUT2D eigenvalue weighted by Gasteiger charge is -2.02. The van der Waals surface area contributed by atoms with Gasteiger partial charge in [0.15, 0.2) is 0 Å². The summed E-state index contributed by atoms with van der Waals surface area (Å²) in [5, 5.41) is 8.55. The Kier molecular flexibility index (Phi) is 11.8. The predicted octanol–water partition coefficient (Wildman–Crippen LogP) is 4.03. The largest absolute Gasteiger partial charge is 0.481 e. The summed E-state index contributed by atoms with van der Waals surface area (Å²) in [4.78, 5) is 10.4. The van der Waals surface area contributed by atoms with Crippen molar-refractivity contribution >= 4 is 17.7 Å². The smallest absolute Gasteiger partial charge is 0.303 e. The number of imidazole rings is 1. The quantitative estimate of drug-likeness (QED) is 0.387. The van der Waals surface area contributed by atoms with Crippen LogP contribution in [0.3, 0.4) is 0 Å². The standard InChI is InChI=1S/C18H32N2O2S/c1-19-13-14-20(17-19)12-10-16-23-15-9-7-5-3-2-4-6-8-11-18(21)22/h13-14,17H,2-12,15-16H2,1H3/p+1. The molecule has 0 unspecified atom stereocenters. The molecule has 0 aliphatic rings. The van der Waals surface area contributed by atoms with E-state index < -0.39 is 5.97 Å². The van der Waals surface area contributed by atoms with Crippen molar-refractivity contribution in [3.63, 3.8) is 0 Å². The van der Waals surface area contributed by atoms with Gasteiger partial charge in [0.1, 0.15) is 12.4 Å². The number of hydrogen-bond donors (Lipinski definition) is 1. The van der Waals surface area contributed by atoms with E-state index >= 15 is 0 Å². The predicted molar refractivity (Wildman–Crippen MR) is 96.7 cm³/mol. The van der Waals surface area contributed by atoms with Gasteiger partial charge in [-0.15, -0.1) is 0 Å². The lowest BCUT2D eigenvalue weighted by molar-refractivity contribution is -0.671. The number of carboxylic acid groups (broad SMARTS) is 1. The van der Waals surface area contributed by atoms with Gasteiger partial charge >= 0.3 is 5.97 Å². The van der Waals surface area contributed by atoms with E-state index in [9.17, 15) is 4.79 Å². The zero-order chi connectivity index (χ0) is 16.8. The van der Waals surface area contributed by atoms with Gasteiger partial charge in [0.25, 0.3) is 0 Å². The monoisotopic (exact) mass is 341 g/mol. The Morgan fingerprint density at radius 2 is 1.61 bits per heavy atom. The summed E-state index contributed by atoms with van der Waals surface area (Å²) in [5.74, 6) is 1.88. The average molecular weight is 342 g/mol. The second-order valence-electron chi connectivity index (χ2n) is 6.25. The van der Waals surface area contributed by atoms with E-state index in [-0.39, 0.29) is 0 Å². The van der Waals surface area contributed by atoms with Crippen LogP contribution in [0.15, 0.2) is 18.7 Å². The van der Waals surface area contributed by atoms with E-state index in [1.807, 2.05) is 0 Å². The summed E-state index contributed by atoms with van der Waals surface area (Å²) >= 11 is 2.08. The molecule has 1 aromatic rings. The highest BCUT2D eigenvalue weighted by molar-refractivity contribution is 7.99. The number of rotatable bonds is 15. The normalized spacial score (nSPS) is 11.0. The molecule has 0 spiro atoms. The van der Waals surface area contributed by atoms with Crippen molar-refractivity contribution in [1.29, 1.82) is 0 Å². The van der Waals surface area contributed by atoms with Crippen molar-refractivity contribution in [2.45, 2.75) is 70.8 Å². The van der Waals surface area contributed by atoms with Gasteiger partial charge in [-0.2, -0.15) is 11.8 Å². The summed E-state index contributed by atoms with van der Waals surface area (Å²) in [7, 11) is 2.06. The Balaban J connectivity index is 1.74. The molecule has 1 N–H and O–H groups in total. The van der Waals surface area contributed by atoms with Crippen LogP contribution in [0.25, 0.3) is 0 Å². The molecular formula is C18H33N2O2S+. The number of aromatic nitrogens is 2. The third-order valence-corrected chi connectivity index (χ3v) is 5.11. The fourth-order valence-corrected chi connectivity index (χ4v) is 3.57. The molecule has 1 aromatic heterocycles. The molecule has 0 saturated carbocycles. The van der Waals surface area contributed by atoms with Crippen LogP contribution in [-0.4, -0.2) is 27.1 Å². The third-order valence-electron chi connectivity index (χ3n) is 3.96. The first-order valence-corrected chi connectivity index (χ1v) is 10.1. The van der Waals surface area contributed by atoms with E-state index in [4.69, 9.17) is 5.11 Å². The topological polar surface area (TPSA) is 46.1 Å². The van der Waals surface area contributed by atoms with Crippen molar-refractivity contribution in [2.75, 3.05) is 11.5 Å². The van der Waals surface area contributed by atoms with Gasteiger partial charge in [0.2, 0.25) is 6.33 Å². The highest BCUT2D eigenvalue weighted by Gasteiger charge is 2.00. The van der Waals surface area contributed by atoms with E-state index in [0.717, 1.165) is 19.4 Å². The first-order chi connectivity index (χ1) is 11.2. The van der Waals surface area contributed by atoms with Crippen molar-refractivity contribution < 1.29 is 14.5 Å². The molecule has 0 saturated heterocycles. The van der Waals surface area contributed by atoms with Crippen LogP contribution in [-0.2, 0) is 18.4 Å². The van der Waals surface area contributed by atoms with Gasteiger partial charge in [-0.1, -0.05) is 38.5 Å². The van der Waals surface area contributed by atoms with Crippen LogP contribution in [0.1, 0.15) is 64.2 Å². The Labute approximate surface area is 145 Å². The molecule has 4 nitrogen and oxygen atoms in total. The fraction of sp³-hybridized carbons (Fsp3) is 0.778. The zero-order valence-corrected chi connectivity index (χ0v) is 15.4. The molecule has 0 radical (unpaired) electrons. The Hall–Kier alpha value is -0.970. The second kappa shape index (κ2) is 13.5. The van der Waals surface area contributed by atoms with Crippen LogP contribution in [0, 0.1) is 0 Å². The second-order valence-corrected chi connectivity index (χ2v) is 7.48. The highest BCUT2D eigenvalue weighted by Crippen LogP contribution is 2.12. The molecule has 0 bridgehead atoms.